The number of nitriles is 1. The summed E-state index contributed by atoms with van der Waals surface area (Å²) in [5.41, 5.74) is 3.69. The van der Waals surface area contributed by atoms with Crippen molar-refractivity contribution in [2.45, 2.75) is 6.92 Å². The summed E-state index contributed by atoms with van der Waals surface area (Å²) in [6.45, 7) is 2.13. The van der Waals surface area contributed by atoms with E-state index in [1.54, 1.807) is 23.8 Å². The summed E-state index contributed by atoms with van der Waals surface area (Å²) >= 11 is 0. The van der Waals surface area contributed by atoms with E-state index in [-0.39, 0.29) is 5.69 Å². The molecule has 5 nitrogen and oxygen atoms in total. The monoisotopic (exact) mass is 255 g/mol. The Morgan fingerprint density at radius 3 is 2.74 bits per heavy atom. The molecule has 2 aromatic rings. The molecule has 0 radical (unpaired) electrons. The molecule has 0 saturated carbocycles. The van der Waals surface area contributed by atoms with Gasteiger partial charge in [0.1, 0.15) is 11.8 Å². The van der Waals surface area contributed by atoms with Crippen LogP contribution in [0.2, 0.25) is 0 Å². The molecule has 0 aliphatic carbocycles. The normalized spacial score (nSPS) is 9.89. The molecule has 1 amide bonds. The highest BCUT2D eigenvalue weighted by molar-refractivity contribution is 5.95. The highest BCUT2D eigenvalue weighted by Gasteiger charge is 2.18. The van der Waals surface area contributed by atoms with E-state index in [4.69, 9.17) is 10.1 Å². The maximum Gasteiger partial charge on any atom is 0.293 e. The van der Waals surface area contributed by atoms with Crippen molar-refractivity contribution in [1.29, 1.82) is 5.26 Å². The number of carbonyl (C=O) groups excluding carboxylic acids is 1. The molecule has 0 unspecified atom stereocenters. The number of nitrogens with one attached hydrogen (secondary N) is 1. The Bertz CT molecular complexity index is 611. The van der Waals surface area contributed by atoms with E-state index < -0.39 is 5.91 Å². The van der Waals surface area contributed by atoms with Crippen molar-refractivity contribution in [2.24, 2.45) is 0 Å². The van der Waals surface area contributed by atoms with Gasteiger partial charge in [-0.2, -0.15) is 5.26 Å². The molecule has 1 aromatic carbocycles. The number of amides is 1. The van der Waals surface area contributed by atoms with Gasteiger partial charge in [0.25, 0.3) is 5.91 Å². The second-order valence-corrected chi connectivity index (χ2v) is 3.76. The molecule has 19 heavy (non-hydrogen) atoms. The first-order valence-corrected chi connectivity index (χ1v) is 5.87. The van der Waals surface area contributed by atoms with E-state index in [1.807, 2.05) is 36.4 Å². The van der Waals surface area contributed by atoms with Crippen molar-refractivity contribution in [1.82, 2.24) is 10.0 Å². The fraction of sp³-hybridized carbons (Fsp3) is 0.143. The van der Waals surface area contributed by atoms with Crippen LogP contribution in [-0.2, 0) is 4.84 Å². The SMILES string of the molecule is CCONC(=O)c1c(C#N)ccn1-c1ccccc1. The van der Waals surface area contributed by atoms with Gasteiger partial charge in [-0.05, 0) is 25.1 Å². The van der Waals surface area contributed by atoms with Crippen LogP contribution >= 0.6 is 0 Å². The van der Waals surface area contributed by atoms with Crippen molar-refractivity contribution in [2.75, 3.05) is 6.61 Å². The van der Waals surface area contributed by atoms with Gasteiger partial charge in [-0.1, -0.05) is 18.2 Å². The lowest BCUT2D eigenvalue weighted by atomic mass is 10.2. The third kappa shape index (κ3) is 2.64. The standard InChI is InChI=1S/C14H13N3O2/c1-2-19-16-14(18)13-11(10-15)8-9-17(13)12-6-4-3-5-7-12/h3-9H,2H2,1H3,(H,16,18). The third-order valence-corrected chi connectivity index (χ3v) is 2.57. The Kier molecular flexibility index (Phi) is 3.96. The fourth-order valence-corrected chi connectivity index (χ4v) is 1.74. The number of carbonyl (C=O) groups is 1. The molecule has 0 saturated heterocycles. The number of aromatic nitrogens is 1. The summed E-state index contributed by atoms with van der Waals surface area (Å²) in [5, 5.41) is 9.07. The first-order valence-electron chi connectivity index (χ1n) is 5.87. The summed E-state index contributed by atoms with van der Waals surface area (Å²) in [5.74, 6) is -0.438. The van der Waals surface area contributed by atoms with Gasteiger partial charge in [0, 0.05) is 11.9 Å². The molecule has 0 fully saturated rings. The second-order valence-electron chi connectivity index (χ2n) is 3.76. The summed E-state index contributed by atoms with van der Waals surface area (Å²) < 4.78 is 1.66. The van der Waals surface area contributed by atoms with Gasteiger partial charge in [-0.15, -0.1) is 0 Å². The zero-order valence-electron chi connectivity index (χ0n) is 10.5. The number of benzene rings is 1. The van der Waals surface area contributed by atoms with Gasteiger partial charge < -0.3 is 4.57 Å². The number of hydrogen-bond acceptors (Lipinski definition) is 3. The van der Waals surface area contributed by atoms with Crippen LogP contribution < -0.4 is 5.48 Å². The Morgan fingerprint density at radius 2 is 2.11 bits per heavy atom. The predicted octanol–water partition coefficient (Wildman–Crippen LogP) is 2.03. The quantitative estimate of drug-likeness (QED) is 0.850. The third-order valence-electron chi connectivity index (χ3n) is 2.57. The number of rotatable bonds is 4. The molecule has 1 heterocycles. The van der Waals surface area contributed by atoms with Crippen molar-refractivity contribution in [3.8, 4) is 11.8 Å². The minimum atomic E-state index is -0.438. The molecule has 1 N–H and O–H groups in total. The van der Waals surface area contributed by atoms with E-state index >= 15 is 0 Å². The van der Waals surface area contributed by atoms with E-state index in [0.717, 1.165) is 5.69 Å². The van der Waals surface area contributed by atoms with Crippen molar-refractivity contribution < 1.29 is 9.63 Å². The Balaban J connectivity index is 2.44. The van der Waals surface area contributed by atoms with Crippen LogP contribution in [0.15, 0.2) is 42.6 Å². The predicted molar refractivity (Wildman–Crippen MR) is 69.6 cm³/mol. The molecule has 5 heteroatoms. The summed E-state index contributed by atoms with van der Waals surface area (Å²) in [6, 6.07) is 13.0. The highest BCUT2D eigenvalue weighted by Crippen LogP contribution is 2.16. The molecule has 96 valence electrons. The minimum absolute atomic E-state index is 0.266. The van der Waals surface area contributed by atoms with Crippen LogP contribution in [-0.4, -0.2) is 17.1 Å². The van der Waals surface area contributed by atoms with Crippen LogP contribution in [0.5, 0.6) is 0 Å². The zero-order valence-corrected chi connectivity index (χ0v) is 10.5. The highest BCUT2D eigenvalue weighted by atomic mass is 16.6. The van der Waals surface area contributed by atoms with E-state index in [1.165, 1.54) is 0 Å². The molecule has 1 aromatic heterocycles. The molecular formula is C14H13N3O2. The van der Waals surface area contributed by atoms with E-state index in [0.29, 0.717) is 12.2 Å². The lowest BCUT2D eigenvalue weighted by molar-refractivity contribution is 0.0358. The topological polar surface area (TPSA) is 67.0 Å². The van der Waals surface area contributed by atoms with Crippen LogP contribution in [0, 0.1) is 11.3 Å². The average molecular weight is 255 g/mol. The Labute approximate surface area is 111 Å². The molecule has 0 spiro atoms. The molecule has 0 aliphatic heterocycles. The maximum absolute atomic E-state index is 12.0. The summed E-state index contributed by atoms with van der Waals surface area (Å²) in [7, 11) is 0. The number of hydroxylamine groups is 1. The van der Waals surface area contributed by atoms with Gasteiger partial charge in [0.15, 0.2) is 0 Å². The second kappa shape index (κ2) is 5.85. The molecule has 0 bridgehead atoms. The largest absolute Gasteiger partial charge is 0.311 e. The van der Waals surface area contributed by atoms with Crippen LogP contribution in [0.1, 0.15) is 23.0 Å². The molecule has 0 aliphatic rings. The first-order chi connectivity index (χ1) is 9.27. The van der Waals surface area contributed by atoms with Crippen molar-refractivity contribution >= 4 is 5.91 Å². The number of hydrogen-bond donors (Lipinski definition) is 1. The Morgan fingerprint density at radius 1 is 1.37 bits per heavy atom. The van der Waals surface area contributed by atoms with E-state index in [9.17, 15) is 4.79 Å². The van der Waals surface area contributed by atoms with Crippen molar-refractivity contribution in [3.63, 3.8) is 0 Å². The van der Waals surface area contributed by atoms with Gasteiger partial charge in [-0.3, -0.25) is 9.63 Å². The lowest BCUT2D eigenvalue weighted by Gasteiger charge is -2.09. The number of para-hydroxylation sites is 1. The Hall–Kier alpha value is -2.58. The van der Waals surface area contributed by atoms with Gasteiger partial charge in [-0.25, -0.2) is 5.48 Å². The van der Waals surface area contributed by atoms with E-state index in [2.05, 4.69) is 5.48 Å². The van der Waals surface area contributed by atoms with Crippen LogP contribution in [0.25, 0.3) is 5.69 Å². The van der Waals surface area contributed by atoms with Crippen LogP contribution in [0.3, 0.4) is 0 Å². The smallest absolute Gasteiger partial charge is 0.293 e. The first kappa shape index (κ1) is 12.9. The molecular weight excluding hydrogens is 242 g/mol. The van der Waals surface area contributed by atoms with Gasteiger partial charge in [0.05, 0.1) is 12.2 Å². The molecule has 2 rings (SSSR count). The minimum Gasteiger partial charge on any atom is -0.311 e. The van der Waals surface area contributed by atoms with Crippen LogP contribution in [0.4, 0.5) is 0 Å². The van der Waals surface area contributed by atoms with Crippen molar-refractivity contribution in [3.05, 3.63) is 53.9 Å². The fourth-order valence-electron chi connectivity index (χ4n) is 1.74. The van der Waals surface area contributed by atoms with Gasteiger partial charge >= 0.3 is 0 Å². The lowest BCUT2D eigenvalue weighted by Crippen LogP contribution is -2.26. The maximum atomic E-state index is 12.0. The zero-order chi connectivity index (χ0) is 13.7. The summed E-state index contributed by atoms with van der Waals surface area (Å²) in [6.07, 6.45) is 1.69. The summed E-state index contributed by atoms with van der Waals surface area (Å²) in [4.78, 5) is 16.9. The average Bonchev–Trinajstić information content (AvgIpc) is 2.89. The van der Waals surface area contributed by atoms with Gasteiger partial charge in [0.2, 0.25) is 0 Å². The molecule has 0 atom stereocenters. The number of nitrogens with zero attached hydrogens (tertiary/aromatic N) is 2.